The van der Waals surface area contributed by atoms with Crippen molar-refractivity contribution in [2.75, 3.05) is 7.11 Å². The minimum Gasteiger partial charge on any atom is -0.497 e. The fraction of sp³-hybridized carbons (Fsp3) is 0.0556. The van der Waals surface area contributed by atoms with Crippen molar-refractivity contribution in [1.82, 2.24) is 0 Å². The van der Waals surface area contributed by atoms with Crippen LogP contribution in [0.3, 0.4) is 0 Å². The molecule has 0 atom stereocenters. The van der Waals surface area contributed by atoms with Crippen LogP contribution in [0, 0.1) is 5.82 Å². The molecule has 0 saturated heterocycles. The van der Waals surface area contributed by atoms with Gasteiger partial charge in [-0.2, -0.15) is 0 Å². The highest BCUT2D eigenvalue weighted by Gasteiger charge is 2.17. The van der Waals surface area contributed by atoms with Crippen molar-refractivity contribution in [3.05, 3.63) is 71.4 Å². The largest absolute Gasteiger partial charge is 0.497 e. The van der Waals surface area contributed by atoms with Gasteiger partial charge in [-0.25, -0.2) is 4.39 Å². The van der Waals surface area contributed by atoms with Crippen LogP contribution in [0.25, 0.3) is 15.7 Å². The number of carbonyl (C=O) groups excluding carboxylic acids is 1. The molecule has 22 heavy (non-hydrogen) atoms. The summed E-state index contributed by atoms with van der Waals surface area (Å²) >= 11 is 1.35. The standard InChI is InChI=1S/C18H13FO2S/c1-11(14-5-3-4-6-15(14)19)18(20)17-9-12-7-8-13(21-2)10-16(12)22-17/h3-10H,1H2,2H3. The molecular weight excluding hydrogens is 299 g/mol. The highest BCUT2D eigenvalue weighted by Crippen LogP contribution is 2.32. The molecule has 0 amide bonds. The predicted molar refractivity (Wildman–Crippen MR) is 88.1 cm³/mol. The summed E-state index contributed by atoms with van der Waals surface area (Å²) in [5.74, 6) is 0.0372. The molecule has 0 spiro atoms. The summed E-state index contributed by atoms with van der Waals surface area (Å²) in [4.78, 5) is 13.1. The lowest BCUT2D eigenvalue weighted by atomic mass is 10.0. The quantitative estimate of drug-likeness (QED) is 0.503. The van der Waals surface area contributed by atoms with Gasteiger partial charge in [0.1, 0.15) is 11.6 Å². The number of ether oxygens (including phenoxy) is 1. The second-order valence-corrected chi connectivity index (χ2v) is 5.89. The average Bonchev–Trinajstić information content (AvgIpc) is 2.96. The first-order chi connectivity index (χ1) is 10.6. The van der Waals surface area contributed by atoms with Gasteiger partial charge in [0.05, 0.1) is 12.0 Å². The molecule has 4 heteroatoms. The normalized spacial score (nSPS) is 10.6. The molecule has 2 aromatic carbocycles. The molecule has 0 aliphatic rings. The maximum Gasteiger partial charge on any atom is 0.203 e. The van der Waals surface area contributed by atoms with Gasteiger partial charge < -0.3 is 4.74 Å². The summed E-state index contributed by atoms with van der Waals surface area (Å²) in [5, 5.41) is 0.954. The zero-order valence-electron chi connectivity index (χ0n) is 11.9. The topological polar surface area (TPSA) is 26.3 Å². The third kappa shape index (κ3) is 2.53. The lowest BCUT2D eigenvalue weighted by Gasteiger charge is -2.04. The van der Waals surface area contributed by atoms with Gasteiger partial charge in [-0.05, 0) is 35.7 Å². The number of fused-ring (bicyclic) bond motifs is 1. The molecule has 1 aromatic heterocycles. The Balaban J connectivity index is 1.98. The van der Waals surface area contributed by atoms with E-state index in [1.54, 1.807) is 31.4 Å². The molecular formula is C18H13FO2S. The van der Waals surface area contributed by atoms with Crippen LogP contribution in [-0.2, 0) is 0 Å². The Morgan fingerprint density at radius 3 is 2.68 bits per heavy atom. The predicted octanol–water partition coefficient (Wildman–Crippen LogP) is 4.95. The SMILES string of the molecule is C=C(C(=O)c1cc2ccc(OC)cc2s1)c1ccccc1F. The van der Waals surface area contributed by atoms with Crippen LogP contribution in [0.1, 0.15) is 15.2 Å². The van der Waals surface area contributed by atoms with Gasteiger partial charge >= 0.3 is 0 Å². The highest BCUT2D eigenvalue weighted by molar-refractivity contribution is 7.21. The summed E-state index contributed by atoms with van der Waals surface area (Å²) in [6.45, 7) is 3.76. The average molecular weight is 312 g/mol. The number of ketones is 1. The van der Waals surface area contributed by atoms with E-state index in [1.165, 1.54) is 17.4 Å². The van der Waals surface area contributed by atoms with Gasteiger partial charge in [0.25, 0.3) is 0 Å². The lowest BCUT2D eigenvalue weighted by molar-refractivity contribution is 0.106. The van der Waals surface area contributed by atoms with Crippen LogP contribution in [0.15, 0.2) is 55.1 Å². The molecule has 0 bridgehead atoms. The molecule has 3 aromatic rings. The molecule has 0 aliphatic heterocycles. The van der Waals surface area contributed by atoms with Gasteiger partial charge in [-0.3, -0.25) is 4.79 Å². The summed E-state index contributed by atoms with van der Waals surface area (Å²) in [6, 6.07) is 13.6. The molecule has 0 N–H and O–H groups in total. The summed E-state index contributed by atoms with van der Waals surface area (Å²) in [7, 11) is 1.60. The van der Waals surface area contributed by atoms with E-state index in [0.717, 1.165) is 15.8 Å². The number of hydrogen-bond donors (Lipinski definition) is 0. The van der Waals surface area contributed by atoms with Crippen molar-refractivity contribution in [1.29, 1.82) is 0 Å². The van der Waals surface area contributed by atoms with E-state index < -0.39 is 5.82 Å². The van der Waals surface area contributed by atoms with Crippen molar-refractivity contribution in [2.24, 2.45) is 0 Å². The number of allylic oxidation sites excluding steroid dienone is 1. The first-order valence-corrected chi connectivity index (χ1v) is 7.48. The number of benzene rings is 2. The first-order valence-electron chi connectivity index (χ1n) is 6.66. The van der Waals surface area contributed by atoms with Crippen molar-refractivity contribution >= 4 is 32.8 Å². The van der Waals surface area contributed by atoms with Crippen LogP contribution in [0.2, 0.25) is 0 Å². The molecule has 110 valence electrons. The maximum atomic E-state index is 13.8. The minimum atomic E-state index is -0.441. The molecule has 0 saturated carbocycles. The summed E-state index contributed by atoms with van der Waals surface area (Å²) in [6.07, 6.45) is 0. The highest BCUT2D eigenvalue weighted by atomic mass is 32.1. The van der Waals surface area contributed by atoms with Crippen molar-refractivity contribution in [3.63, 3.8) is 0 Å². The van der Waals surface area contributed by atoms with Crippen LogP contribution in [-0.4, -0.2) is 12.9 Å². The van der Waals surface area contributed by atoms with Crippen LogP contribution >= 0.6 is 11.3 Å². The van der Waals surface area contributed by atoms with Gasteiger partial charge in [0, 0.05) is 15.8 Å². The smallest absolute Gasteiger partial charge is 0.203 e. The lowest BCUT2D eigenvalue weighted by Crippen LogP contribution is -2.01. The van der Waals surface area contributed by atoms with Crippen LogP contribution in [0.4, 0.5) is 4.39 Å². The van der Waals surface area contributed by atoms with Crippen molar-refractivity contribution in [3.8, 4) is 5.75 Å². The fourth-order valence-electron chi connectivity index (χ4n) is 2.23. The second kappa shape index (κ2) is 5.73. The van der Waals surface area contributed by atoms with Crippen LogP contribution < -0.4 is 4.74 Å². The Hall–Kier alpha value is -2.46. The molecule has 1 heterocycles. The Morgan fingerprint density at radius 2 is 1.95 bits per heavy atom. The van der Waals surface area contributed by atoms with E-state index in [9.17, 15) is 9.18 Å². The molecule has 0 aliphatic carbocycles. The van der Waals surface area contributed by atoms with E-state index in [0.29, 0.717) is 4.88 Å². The van der Waals surface area contributed by atoms with E-state index in [-0.39, 0.29) is 16.9 Å². The van der Waals surface area contributed by atoms with Gasteiger partial charge in [-0.15, -0.1) is 11.3 Å². The Kier molecular flexibility index (Phi) is 3.77. The Bertz CT molecular complexity index is 880. The molecule has 0 unspecified atom stereocenters. The molecule has 3 rings (SSSR count). The monoisotopic (exact) mass is 312 g/mol. The van der Waals surface area contributed by atoms with Crippen molar-refractivity contribution < 1.29 is 13.9 Å². The third-order valence-corrected chi connectivity index (χ3v) is 4.52. The second-order valence-electron chi connectivity index (χ2n) is 4.80. The maximum absolute atomic E-state index is 13.8. The summed E-state index contributed by atoms with van der Waals surface area (Å²) in [5.41, 5.74) is 0.402. The number of carbonyl (C=O) groups is 1. The summed E-state index contributed by atoms with van der Waals surface area (Å²) < 4.78 is 19.9. The van der Waals surface area contributed by atoms with E-state index in [1.807, 2.05) is 18.2 Å². The van der Waals surface area contributed by atoms with Crippen LogP contribution in [0.5, 0.6) is 5.75 Å². The number of hydrogen-bond acceptors (Lipinski definition) is 3. The van der Waals surface area contributed by atoms with Crippen molar-refractivity contribution in [2.45, 2.75) is 0 Å². The number of methoxy groups -OCH3 is 1. The fourth-order valence-corrected chi connectivity index (χ4v) is 3.29. The van der Waals surface area contributed by atoms with Gasteiger partial charge in [-0.1, -0.05) is 24.8 Å². The third-order valence-electron chi connectivity index (χ3n) is 3.42. The zero-order chi connectivity index (χ0) is 15.7. The first kappa shape index (κ1) is 14.5. The number of Topliss-reactive ketones (excluding diaryl/α,β-unsaturated/α-hetero) is 1. The van der Waals surface area contributed by atoms with E-state index in [4.69, 9.17) is 4.74 Å². The Labute approximate surface area is 131 Å². The van der Waals surface area contributed by atoms with Gasteiger partial charge in [0.2, 0.25) is 5.78 Å². The molecule has 2 nitrogen and oxygen atoms in total. The molecule has 0 fully saturated rings. The Morgan fingerprint density at radius 1 is 1.18 bits per heavy atom. The number of rotatable bonds is 4. The molecule has 0 radical (unpaired) electrons. The van der Waals surface area contributed by atoms with E-state index >= 15 is 0 Å². The zero-order valence-corrected chi connectivity index (χ0v) is 12.7. The van der Waals surface area contributed by atoms with E-state index in [2.05, 4.69) is 6.58 Å². The number of halogens is 1. The number of thiophene rings is 1. The van der Waals surface area contributed by atoms with Gasteiger partial charge in [0.15, 0.2) is 0 Å². The minimum absolute atomic E-state index is 0.164.